The molecular formula is C24H21N3O2S. The molecule has 150 valence electrons. The smallest absolute Gasteiger partial charge is 0.263 e. The molecule has 0 saturated heterocycles. The lowest BCUT2D eigenvalue weighted by Crippen LogP contribution is -2.40. The summed E-state index contributed by atoms with van der Waals surface area (Å²) in [5.41, 5.74) is 4.95. The molecule has 1 amide bonds. The Bertz CT molecular complexity index is 1320. The molecule has 2 aromatic carbocycles. The van der Waals surface area contributed by atoms with Crippen LogP contribution in [-0.2, 0) is 17.8 Å². The van der Waals surface area contributed by atoms with Gasteiger partial charge in [-0.15, -0.1) is 11.3 Å². The van der Waals surface area contributed by atoms with Gasteiger partial charge < -0.3 is 4.90 Å². The Kier molecular flexibility index (Phi) is 4.51. The summed E-state index contributed by atoms with van der Waals surface area (Å²) in [7, 11) is 0. The molecule has 0 spiro atoms. The van der Waals surface area contributed by atoms with Gasteiger partial charge in [-0.1, -0.05) is 48.0 Å². The van der Waals surface area contributed by atoms with E-state index in [1.54, 1.807) is 4.90 Å². The highest BCUT2D eigenvalue weighted by Crippen LogP contribution is 2.33. The van der Waals surface area contributed by atoms with E-state index in [0.29, 0.717) is 10.2 Å². The Hall–Kier alpha value is -3.25. The average Bonchev–Trinajstić information content (AvgIpc) is 3.31. The van der Waals surface area contributed by atoms with E-state index in [9.17, 15) is 9.59 Å². The second-order valence-electron chi connectivity index (χ2n) is 7.82. The number of aryl methyl sites for hydroxylation is 1. The molecule has 4 aromatic rings. The van der Waals surface area contributed by atoms with Crippen molar-refractivity contribution in [3.63, 3.8) is 0 Å². The monoisotopic (exact) mass is 415 g/mol. The molecule has 2 aromatic heterocycles. The van der Waals surface area contributed by atoms with Gasteiger partial charge in [-0.3, -0.25) is 14.2 Å². The first kappa shape index (κ1) is 18.8. The highest BCUT2D eigenvalue weighted by Gasteiger charge is 2.30. The molecule has 5 nitrogen and oxygen atoms in total. The molecule has 0 unspecified atom stereocenters. The predicted octanol–water partition coefficient (Wildman–Crippen LogP) is 4.41. The lowest BCUT2D eigenvalue weighted by Gasteiger charge is -2.23. The van der Waals surface area contributed by atoms with Crippen LogP contribution in [0.2, 0.25) is 0 Å². The first-order chi connectivity index (χ1) is 14.5. The molecule has 1 atom stereocenters. The number of aromatic nitrogens is 2. The Labute approximate surface area is 178 Å². The highest BCUT2D eigenvalue weighted by molar-refractivity contribution is 7.17. The summed E-state index contributed by atoms with van der Waals surface area (Å²) < 4.78 is 1.43. The largest absolute Gasteiger partial charge is 0.307 e. The van der Waals surface area contributed by atoms with E-state index in [0.717, 1.165) is 23.2 Å². The van der Waals surface area contributed by atoms with Crippen molar-refractivity contribution < 1.29 is 4.79 Å². The molecule has 0 aliphatic carbocycles. The summed E-state index contributed by atoms with van der Waals surface area (Å²) in [4.78, 5) is 33.4. The fraction of sp³-hybridized carbons (Fsp3) is 0.208. The molecular weight excluding hydrogens is 394 g/mol. The zero-order chi connectivity index (χ0) is 20.8. The third-order valence-corrected chi connectivity index (χ3v) is 6.59. The first-order valence-electron chi connectivity index (χ1n) is 9.96. The first-order valence-corrected chi connectivity index (χ1v) is 10.8. The van der Waals surface area contributed by atoms with Crippen molar-refractivity contribution in [2.75, 3.05) is 4.90 Å². The van der Waals surface area contributed by atoms with E-state index in [1.807, 2.05) is 61.7 Å². The molecule has 1 aliphatic rings. The van der Waals surface area contributed by atoms with Gasteiger partial charge >= 0.3 is 0 Å². The zero-order valence-electron chi connectivity index (χ0n) is 16.8. The van der Waals surface area contributed by atoms with Crippen LogP contribution in [0.3, 0.4) is 0 Å². The normalized spacial score (nSPS) is 15.5. The van der Waals surface area contributed by atoms with Crippen LogP contribution in [0, 0.1) is 6.92 Å². The Morgan fingerprint density at radius 3 is 2.73 bits per heavy atom. The highest BCUT2D eigenvalue weighted by atomic mass is 32.1. The number of anilines is 1. The summed E-state index contributed by atoms with van der Waals surface area (Å²) in [5.74, 6) is -0.0946. The number of benzene rings is 2. The molecule has 3 heterocycles. The van der Waals surface area contributed by atoms with Crippen LogP contribution < -0.4 is 10.5 Å². The predicted molar refractivity (Wildman–Crippen MR) is 121 cm³/mol. The van der Waals surface area contributed by atoms with E-state index >= 15 is 0 Å². The molecule has 6 heteroatoms. The topological polar surface area (TPSA) is 55.2 Å². The van der Waals surface area contributed by atoms with Crippen LogP contribution in [-0.4, -0.2) is 21.5 Å². The Morgan fingerprint density at radius 2 is 1.93 bits per heavy atom. The molecule has 0 N–H and O–H groups in total. The second-order valence-corrected chi connectivity index (χ2v) is 8.68. The third-order valence-electron chi connectivity index (χ3n) is 5.70. The van der Waals surface area contributed by atoms with Crippen LogP contribution in [0.15, 0.2) is 65.0 Å². The summed E-state index contributed by atoms with van der Waals surface area (Å²) in [5, 5.41) is 2.54. The fourth-order valence-electron chi connectivity index (χ4n) is 4.19. The number of carbonyl (C=O) groups is 1. The number of rotatable bonds is 3. The third kappa shape index (κ3) is 3.04. The van der Waals surface area contributed by atoms with E-state index in [4.69, 9.17) is 0 Å². The Balaban J connectivity index is 1.52. The van der Waals surface area contributed by atoms with Gasteiger partial charge in [0.1, 0.15) is 11.4 Å². The molecule has 0 fully saturated rings. The number of hydrogen-bond acceptors (Lipinski definition) is 4. The lowest BCUT2D eigenvalue weighted by atomic mass is 10.1. The van der Waals surface area contributed by atoms with Crippen molar-refractivity contribution in [1.82, 2.24) is 9.55 Å². The number of fused-ring (bicyclic) bond motifs is 2. The van der Waals surface area contributed by atoms with Gasteiger partial charge in [-0.05, 0) is 37.5 Å². The molecule has 0 radical (unpaired) electrons. The molecule has 0 bridgehead atoms. The summed E-state index contributed by atoms with van der Waals surface area (Å²) in [6.45, 7) is 4.05. The second kappa shape index (κ2) is 7.22. The quantitative estimate of drug-likeness (QED) is 0.498. The van der Waals surface area contributed by atoms with Crippen LogP contribution in [0.5, 0.6) is 0 Å². The van der Waals surface area contributed by atoms with Gasteiger partial charge in [0.2, 0.25) is 5.91 Å². The van der Waals surface area contributed by atoms with Crippen molar-refractivity contribution in [3.05, 3.63) is 81.7 Å². The fourth-order valence-corrected chi connectivity index (χ4v) is 5.10. The SMILES string of the molecule is Cc1ccc(-c2csc3ncn(CC(=O)N4c5ccccc5C[C@@H]4C)c(=O)c23)cc1. The number of carbonyl (C=O) groups excluding carboxylic acids is 1. The molecule has 1 aliphatic heterocycles. The van der Waals surface area contributed by atoms with E-state index in [2.05, 4.69) is 11.1 Å². The minimum Gasteiger partial charge on any atom is -0.307 e. The number of para-hydroxylation sites is 1. The van der Waals surface area contributed by atoms with Gasteiger partial charge in [0.25, 0.3) is 5.56 Å². The maximum absolute atomic E-state index is 13.3. The number of thiophene rings is 1. The lowest BCUT2D eigenvalue weighted by molar-refractivity contribution is -0.119. The van der Waals surface area contributed by atoms with Crippen LogP contribution in [0.25, 0.3) is 21.3 Å². The van der Waals surface area contributed by atoms with Crippen molar-refractivity contribution in [1.29, 1.82) is 0 Å². The summed E-state index contributed by atoms with van der Waals surface area (Å²) in [6.07, 6.45) is 2.32. The van der Waals surface area contributed by atoms with Crippen molar-refractivity contribution in [3.8, 4) is 11.1 Å². The van der Waals surface area contributed by atoms with Crippen LogP contribution >= 0.6 is 11.3 Å². The number of nitrogens with zero attached hydrogens (tertiary/aromatic N) is 3. The molecule has 5 rings (SSSR count). The van der Waals surface area contributed by atoms with Crippen molar-refractivity contribution in [2.24, 2.45) is 0 Å². The summed E-state index contributed by atoms with van der Waals surface area (Å²) >= 11 is 1.45. The van der Waals surface area contributed by atoms with E-state index in [-0.39, 0.29) is 24.1 Å². The van der Waals surface area contributed by atoms with Crippen molar-refractivity contribution in [2.45, 2.75) is 32.9 Å². The van der Waals surface area contributed by atoms with Gasteiger partial charge in [-0.2, -0.15) is 0 Å². The zero-order valence-corrected chi connectivity index (χ0v) is 17.6. The number of hydrogen-bond donors (Lipinski definition) is 0. The minimum atomic E-state index is -0.176. The van der Waals surface area contributed by atoms with E-state index in [1.165, 1.54) is 33.4 Å². The van der Waals surface area contributed by atoms with Crippen molar-refractivity contribution >= 4 is 33.1 Å². The van der Waals surface area contributed by atoms with Gasteiger partial charge in [0.05, 0.1) is 11.7 Å². The van der Waals surface area contributed by atoms with Crippen LogP contribution in [0.4, 0.5) is 5.69 Å². The van der Waals surface area contributed by atoms with E-state index < -0.39 is 0 Å². The van der Waals surface area contributed by atoms with Crippen LogP contribution in [0.1, 0.15) is 18.1 Å². The molecule has 30 heavy (non-hydrogen) atoms. The average molecular weight is 416 g/mol. The maximum Gasteiger partial charge on any atom is 0.263 e. The van der Waals surface area contributed by atoms with Gasteiger partial charge in [-0.25, -0.2) is 4.98 Å². The summed E-state index contributed by atoms with van der Waals surface area (Å²) in [6, 6.07) is 16.1. The standard InChI is InChI=1S/C24H21N3O2S/c1-15-7-9-17(10-8-15)19-13-30-23-22(19)24(29)26(14-25-23)12-21(28)27-16(2)11-18-5-3-4-6-20(18)27/h3-10,13-14,16H,11-12H2,1-2H3/t16-/m0/s1. The minimum absolute atomic E-state index is 0.0242. The molecule has 0 saturated carbocycles. The maximum atomic E-state index is 13.3. The van der Waals surface area contributed by atoms with Gasteiger partial charge in [0.15, 0.2) is 0 Å². The van der Waals surface area contributed by atoms with Gasteiger partial charge in [0, 0.05) is 22.7 Å². The number of amides is 1. The Morgan fingerprint density at radius 1 is 1.17 bits per heavy atom.